The maximum Gasteiger partial charge on any atom is 0.265 e. The number of aryl methyl sites for hydroxylation is 2. The Hall–Kier alpha value is -3.29. The average Bonchev–Trinajstić information content (AvgIpc) is 3.19. The number of benzene rings is 1. The fraction of sp³-hybridized carbons (Fsp3) is 0.235. The number of hydrogen-bond donors (Lipinski definition) is 1. The third-order valence-electron chi connectivity index (χ3n) is 4.07. The summed E-state index contributed by atoms with van der Waals surface area (Å²) in [4.78, 5) is 29.0. The molecule has 1 N–H and O–H groups in total. The molecular formula is C17H15N3O5. The molecule has 0 spiro atoms. The van der Waals surface area contributed by atoms with Crippen molar-refractivity contribution in [3.63, 3.8) is 0 Å². The largest absolute Gasteiger partial charge is 0.454 e. The smallest absolute Gasteiger partial charge is 0.265 e. The van der Waals surface area contributed by atoms with Crippen molar-refractivity contribution >= 4 is 17.0 Å². The van der Waals surface area contributed by atoms with Crippen LogP contribution >= 0.6 is 0 Å². The van der Waals surface area contributed by atoms with Gasteiger partial charge in [-0.2, -0.15) is 0 Å². The lowest BCUT2D eigenvalue weighted by molar-refractivity contribution is 0.0950. The molecule has 1 aromatic carbocycles. The van der Waals surface area contributed by atoms with Crippen LogP contribution in [0.15, 0.2) is 33.7 Å². The molecule has 3 aromatic rings. The minimum atomic E-state index is -0.390. The Kier molecular flexibility index (Phi) is 3.45. The van der Waals surface area contributed by atoms with Crippen LogP contribution in [0, 0.1) is 6.92 Å². The average molecular weight is 341 g/mol. The lowest BCUT2D eigenvalue weighted by atomic mass is 10.1. The Morgan fingerprint density at radius 1 is 1.32 bits per heavy atom. The summed E-state index contributed by atoms with van der Waals surface area (Å²) < 4.78 is 17.3. The zero-order chi connectivity index (χ0) is 17.6. The van der Waals surface area contributed by atoms with Gasteiger partial charge in [0, 0.05) is 13.6 Å². The van der Waals surface area contributed by atoms with Gasteiger partial charge in [0.25, 0.3) is 11.5 Å². The van der Waals surface area contributed by atoms with Crippen LogP contribution in [-0.4, -0.2) is 22.3 Å². The first-order valence-electron chi connectivity index (χ1n) is 7.66. The molecule has 0 saturated carbocycles. The standard InChI is InChI=1S/C17H15N3O5/c1-9-13(14-16(25-9)19-7-20(2)17(14)22)15(21)18-6-10-3-4-11-12(5-10)24-8-23-11/h3-5,7H,6,8H2,1-2H3,(H,18,21). The first-order valence-corrected chi connectivity index (χ1v) is 7.66. The zero-order valence-electron chi connectivity index (χ0n) is 13.7. The van der Waals surface area contributed by atoms with E-state index in [4.69, 9.17) is 13.9 Å². The summed E-state index contributed by atoms with van der Waals surface area (Å²) in [6.45, 7) is 2.11. The number of nitrogens with zero attached hydrogens (tertiary/aromatic N) is 2. The second-order valence-electron chi connectivity index (χ2n) is 5.74. The zero-order valence-corrected chi connectivity index (χ0v) is 13.7. The van der Waals surface area contributed by atoms with Gasteiger partial charge >= 0.3 is 0 Å². The fourth-order valence-corrected chi connectivity index (χ4v) is 2.78. The number of aromatic nitrogens is 2. The molecule has 8 nitrogen and oxygen atoms in total. The Bertz CT molecular complexity index is 1050. The third kappa shape index (κ3) is 2.51. The van der Waals surface area contributed by atoms with Crippen molar-refractivity contribution in [3.05, 3.63) is 51.8 Å². The van der Waals surface area contributed by atoms with Gasteiger partial charge in [0.1, 0.15) is 17.5 Å². The molecule has 2 aromatic heterocycles. The number of furan rings is 1. The van der Waals surface area contributed by atoms with E-state index in [9.17, 15) is 9.59 Å². The van der Waals surface area contributed by atoms with Gasteiger partial charge < -0.3 is 23.8 Å². The number of hydrogen-bond acceptors (Lipinski definition) is 6. The highest BCUT2D eigenvalue weighted by Crippen LogP contribution is 2.32. The van der Waals surface area contributed by atoms with Crippen molar-refractivity contribution in [2.24, 2.45) is 7.05 Å². The molecule has 0 radical (unpaired) electrons. The van der Waals surface area contributed by atoms with Crippen LogP contribution in [0.4, 0.5) is 0 Å². The summed E-state index contributed by atoms with van der Waals surface area (Å²) in [5.74, 6) is 1.30. The highest BCUT2D eigenvalue weighted by molar-refractivity contribution is 6.06. The monoisotopic (exact) mass is 341 g/mol. The highest BCUT2D eigenvalue weighted by atomic mass is 16.7. The van der Waals surface area contributed by atoms with Gasteiger partial charge in [0.2, 0.25) is 12.5 Å². The summed E-state index contributed by atoms with van der Waals surface area (Å²) in [6, 6.07) is 5.44. The molecule has 25 heavy (non-hydrogen) atoms. The van der Waals surface area contributed by atoms with Gasteiger partial charge in [-0.3, -0.25) is 9.59 Å². The number of rotatable bonds is 3. The Labute approximate surface area is 142 Å². The van der Waals surface area contributed by atoms with Gasteiger partial charge in [-0.15, -0.1) is 0 Å². The Balaban J connectivity index is 1.61. The van der Waals surface area contributed by atoms with Gasteiger partial charge in [-0.05, 0) is 24.6 Å². The summed E-state index contributed by atoms with van der Waals surface area (Å²) in [5.41, 5.74) is 0.905. The predicted octanol–water partition coefficient (Wildman–Crippen LogP) is 1.49. The molecule has 4 rings (SSSR count). The van der Waals surface area contributed by atoms with E-state index in [0.717, 1.165) is 5.56 Å². The second-order valence-corrected chi connectivity index (χ2v) is 5.74. The fourth-order valence-electron chi connectivity index (χ4n) is 2.78. The van der Waals surface area contributed by atoms with Crippen molar-refractivity contribution in [1.82, 2.24) is 14.9 Å². The number of amides is 1. The van der Waals surface area contributed by atoms with Crippen molar-refractivity contribution in [2.75, 3.05) is 6.79 Å². The van der Waals surface area contributed by atoms with E-state index < -0.39 is 0 Å². The number of fused-ring (bicyclic) bond motifs is 2. The molecule has 128 valence electrons. The van der Waals surface area contributed by atoms with Crippen molar-refractivity contribution in [1.29, 1.82) is 0 Å². The summed E-state index contributed by atoms with van der Waals surface area (Å²) in [5, 5.41) is 2.99. The third-order valence-corrected chi connectivity index (χ3v) is 4.07. The number of ether oxygens (including phenoxy) is 2. The van der Waals surface area contributed by atoms with E-state index in [2.05, 4.69) is 10.3 Å². The highest BCUT2D eigenvalue weighted by Gasteiger charge is 2.22. The summed E-state index contributed by atoms with van der Waals surface area (Å²) in [7, 11) is 1.57. The van der Waals surface area contributed by atoms with Crippen LogP contribution in [0.25, 0.3) is 11.1 Å². The van der Waals surface area contributed by atoms with E-state index in [1.807, 2.05) is 12.1 Å². The SMILES string of the molecule is Cc1oc2ncn(C)c(=O)c2c1C(=O)NCc1ccc2c(c1)OCO2. The maximum atomic E-state index is 12.6. The molecule has 0 fully saturated rings. The molecular weight excluding hydrogens is 326 g/mol. The quantitative estimate of drug-likeness (QED) is 0.775. The lowest BCUT2D eigenvalue weighted by Crippen LogP contribution is -2.25. The van der Waals surface area contributed by atoms with Crippen molar-refractivity contribution in [2.45, 2.75) is 13.5 Å². The van der Waals surface area contributed by atoms with Crippen LogP contribution in [0.3, 0.4) is 0 Å². The summed E-state index contributed by atoms with van der Waals surface area (Å²) >= 11 is 0. The predicted molar refractivity (Wildman–Crippen MR) is 87.7 cm³/mol. The number of carbonyl (C=O) groups excluding carboxylic acids is 1. The van der Waals surface area contributed by atoms with Crippen LogP contribution in [0.2, 0.25) is 0 Å². The van der Waals surface area contributed by atoms with E-state index in [-0.39, 0.29) is 41.5 Å². The van der Waals surface area contributed by atoms with Gasteiger partial charge in [0.05, 0.1) is 5.56 Å². The van der Waals surface area contributed by atoms with E-state index in [1.165, 1.54) is 10.9 Å². The molecule has 3 heterocycles. The topological polar surface area (TPSA) is 95.6 Å². The molecule has 1 aliphatic rings. The van der Waals surface area contributed by atoms with E-state index in [0.29, 0.717) is 17.3 Å². The van der Waals surface area contributed by atoms with Crippen LogP contribution in [0.5, 0.6) is 11.5 Å². The van der Waals surface area contributed by atoms with Crippen molar-refractivity contribution in [3.8, 4) is 11.5 Å². The maximum absolute atomic E-state index is 12.6. The van der Waals surface area contributed by atoms with Crippen molar-refractivity contribution < 1.29 is 18.7 Å². The van der Waals surface area contributed by atoms with Gasteiger partial charge in [0.15, 0.2) is 11.5 Å². The minimum absolute atomic E-state index is 0.161. The molecule has 1 aliphatic heterocycles. The normalized spacial score (nSPS) is 12.6. The first kappa shape index (κ1) is 15.3. The van der Waals surface area contributed by atoms with Gasteiger partial charge in [-0.25, -0.2) is 4.98 Å². The van der Waals surface area contributed by atoms with Crippen LogP contribution in [0.1, 0.15) is 21.7 Å². The molecule has 0 saturated heterocycles. The molecule has 1 amide bonds. The molecule has 0 aliphatic carbocycles. The molecule has 0 unspecified atom stereocenters. The van der Waals surface area contributed by atoms with E-state index >= 15 is 0 Å². The number of carbonyl (C=O) groups is 1. The van der Waals surface area contributed by atoms with Gasteiger partial charge in [-0.1, -0.05) is 6.07 Å². The first-order chi connectivity index (χ1) is 12.0. The Morgan fingerprint density at radius 2 is 2.12 bits per heavy atom. The number of nitrogens with one attached hydrogen (secondary N) is 1. The van der Waals surface area contributed by atoms with E-state index in [1.54, 1.807) is 20.0 Å². The minimum Gasteiger partial charge on any atom is -0.454 e. The molecule has 0 atom stereocenters. The second kappa shape index (κ2) is 5.66. The lowest BCUT2D eigenvalue weighted by Gasteiger charge is -2.06. The Morgan fingerprint density at radius 3 is 2.96 bits per heavy atom. The van der Waals surface area contributed by atoms with Crippen LogP contribution in [-0.2, 0) is 13.6 Å². The molecule has 8 heteroatoms. The summed E-state index contributed by atoms with van der Waals surface area (Å²) in [6.07, 6.45) is 1.36. The van der Waals surface area contributed by atoms with Crippen LogP contribution < -0.4 is 20.3 Å². The molecule has 0 bridgehead atoms.